The molecule has 0 aliphatic heterocycles. The Labute approximate surface area is 190 Å². The Balaban J connectivity index is 1.38. The molecule has 5 rings (SSSR count). The van der Waals surface area contributed by atoms with Crippen LogP contribution >= 0.6 is 11.8 Å². The molecule has 0 fully saturated rings. The van der Waals surface area contributed by atoms with Crippen LogP contribution in [0.5, 0.6) is 5.75 Å². The maximum Gasteiger partial charge on any atom is 0.340 e. The van der Waals surface area contributed by atoms with E-state index in [0.717, 1.165) is 32.4 Å². The van der Waals surface area contributed by atoms with Gasteiger partial charge in [-0.1, -0.05) is 66.7 Å². The summed E-state index contributed by atoms with van der Waals surface area (Å²) in [7, 11) is 0. The molecule has 1 N–H and O–H groups in total. The molecule has 4 heteroatoms. The fraction of sp³-hybridized carbons (Fsp3) is 0.0357. The minimum atomic E-state index is -0.326. The van der Waals surface area contributed by atoms with E-state index >= 15 is 0 Å². The molecule has 0 aliphatic carbocycles. The first-order valence-corrected chi connectivity index (χ1v) is 11.3. The number of phenolic OH excluding ortho intramolecular Hbond substituents is 1. The molecule has 1 aromatic heterocycles. The Morgan fingerprint density at radius 2 is 1.50 bits per heavy atom. The van der Waals surface area contributed by atoms with Crippen LogP contribution in [0, 0.1) is 0 Å². The first kappa shape index (κ1) is 20.2. The molecule has 3 nitrogen and oxygen atoms in total. The summed E-state index contributed by atoms with van der Waals surface area (Å²) in [5.41, 5.74) is 2.88. The van der Waals surface area contributed by atoms with Crippen LogP contribution in [0.4, 0.5) is 0 Å². The maximum atomic E-state index is 12.5. The Bertz CT molecular complexity index is 1460. The minimum absolute atomic E-state index is 0.233. The number of thioether (sulfide) groups is 1. The normalized spacial score (nSPS) is 11.0. The highest BCUT2D eigenvalue weighted by molar-refractivity contribution is 7.98. The van der Waals surface area contributed by atoms with Gasteiger partial charge in [0.2, 0.25) is 0 Å². The van der Waals surface area contributed by atoms with Gasteiger partial charge in [-0.3, -0.25) is 0 Å². The van der Waals surface area contributed by atoms with Crippen LogP contribution in [-0.2, 0) is 5.75 Å². The summed E-state index contributed by atoms with van der Waals surface area (Å²) < 4.78 is 5.53. The second-order valence-electron chi connectivity index (χ2n) is 7.51. The molecule has 0 unspecified atom stereocenters. The summed E-state index contributed by atoms with van der Waals surface area (Å²) in [6, 6.07) is 33.1. The highest BCUT2D eigenvalue weighted by atomic mass is 32.2. The number of hydrogen-bond acceptors (Lipinski definition) is 4. The van der Waals surface area contributed by atoms with Gasteiger partial charge in [0.25, 0.3) is 0 Å². The molecule has 0 bridgehead atoms. The Morgan fingerprint density at radius 3 is 2.31 bits per heavy atom. The largest absolute Gasteiger partial charge is 0.507 e. The zero-order valence-corrected chi connectivity index (χ0v) is 18.0. The van der Waals surface area contributed by atoms with Crippen LogP contribution in [0.1, 0.15) is 5.56 Å². The van der Waals surface area contributed by atoms with Crippen molar-refractivity contribution in [2.45, 2.75) is 10.6 Å². The maximum absolute atomic E-state index is 12.5. The summed E-state index contributed by atoms with van der Waals surface area (Å²) in [4.78, 5) is 13.5. The van der Waals surface area contributed by atoms with Gasteiger partial charge in [-0.15, -0.1) is 11.8 Å². The second kappa shape index (κ2) is 8.77. The summed E-state index contributed by atoms with van der Waals surface area (Å²) in [6.07, 6.45) is 0. The molecule has 5 aromatic rings. The Hall–Kier alpha value is -3.76. The van der Waals surface area contributed by atoms with E-state index in [-0.39, 0.29) is 11.4 Å². The lowest BCUT2D eigenvalue weighted by Gasteiger charge is -2.09. The minimum Gasteiger partial charge on any atom is -0.507 e. The van der Waals surface area contributed by atoms with Gasteiger partial charge >= 0.3 is 5.63 Å². The van der Waals surface area contributed by atoms with Gasteiger partial charge in [0, 0.05) is 27.3 Å². The van der Waals surface area contributed by atoms with Crippen molar-refractivity contribution in [1.29, 1.82) is 0 Å². The predicted molar refractivity (Wildman–Crippen MR) is 131 cm³/mol. The Kier molecular flexibility index (Phi) is 5.53. The lowest BCUT2D eigenvalue weighted by molar-refractivity contribution is 0.477. The molecule has 0 amide bonds. The van der Waals surface area contributed by atoms with Crippen LogP contribution < -0.4 is 5.63 Å². The van der Waals surface area contributed by atoms with E-state index < -0.39 is 0 Å². The number of fused-ring (bicyclic) bond motifs is 1. The average Bonchev–Trinajstić information content (AvgIpc) is 2.84. The van der Waals surface area contributed by atoms with E-state index in [9.17, 15) is 9.90 Å². The van der Waals surface area contributed by atoms with E-state index in [1.165, 1.54) is 11.8 Å². The van der Waals surface area contributed by atoms with E-state index in [1.807, 2.05) is 72.8 Å². The average molecular weight is 437 g/mol. The highest BCUT2D eigenvalue weighted by Gasteiger charge is 2.10. The van der Waals surface area contributed by atoms with Crippen LogP contribution in [0.2, 0.25) is 0 Å². The molecule has 32 heavy (non-hydrogen) atoms. The van der Waals surface area contributed by atoms with E-state index in [0.29, 0.717) is 17.1 Å². The number of aromatic hydroxyl groups is 1. The predicted octanol–water partition coefficient (Wildman–Crippen LogP) is 7.12. The molecule has 4 aromatic carbocycles. The fourth-order valence-corrected chi connectivity index (χ4v) is 4.56. The summed E-state index contributed by atoms with van der Waals surface area (Å²) in [6.45, 7) is 0. The highest BCUT2D eigenvalue weighted by Crippen LogP contribution is 2.35. The molecule has 0 saturated carbocycles. The van der Waals surface area contributed by atoms with Gasteiger partial charge in [0.05, 0.1) is 0 Å². The van der Waals surface area contributed by atoms with Gasteiger partial charge in [-0.2, -0.15) is 0 Å². The second-order valence-corrected chi connectivity index (χ2v) is 8.56. The van der Waals surface area contributed by atoms with Crippen molar-refractivity contribution in [3.05, 3.63) is 119 Å². The number of benzene rings is 4. The molecule has 0 radical (unpaired) electrons. The van der Waals surface area contributed by atoms with Crippen molar-refractivity contribution in [2.24, 2.45) is 0 Å². The van der Waals surface area contributed by atoms with Crippen LogP contribution in [0.3, 0.4) is 0 Å². The molecule has 0 saturated heterocycles. The van der Waals surface area contributed by atoms with Crippen LogP contribution in [0.15, 0.2) is 117 Å². The Morgan fingerprint density at radius 1 is 0.719 bits per heavy atom. The fourth-order valence-electron chi connectivity index (χ4n) is 3.66. The number of hydrogen-bond donors (Lipinski definition) is 1. The zero-order valence-electron chi connectivity index (χ0n) is 17.2. The lowest BCUT2D eigenvalue weighted by atomic mass is 10.0. The number of rotatable bonds is 5. The zero-order chi connectivity index (χ0) is 21.9. The first-order valence-electron chi connectivity index (χ1n) is 10.3. The van der Waals surface area contributed by atoms with E-state index in [2.05, 4.69) is 24.3 Å². The van der Waals surface area contributed by atoms with Gasteiger partial charge in [0.1, 0.15) is 11.5 Å². The molecule has 0 atom stereocenters. The van der Waals surface area contributed by atoms with Crippen molar-refractivity contribution >= 4 is 22.5 Å². The third-order valence-electron chi connectivity index (χ3n) is 5.38. The standard InChI is InChI=1S/C28H20O3S/c29-26-14-13-24(17-25(26)22-11-10-19-6-4-5-9-21(19)16-22)32-18-23-12-15-27(31-28(23)30)20-7-2-1-3-8-20/h1-17,29H,18H2. The molecular weight excluding hydrogens is 416 g/mol. The van der Waals surface area contributed by atoms with Crippen LogP contribution in [0.25, 0.3) is 33.2 Å². The van der Waals surface area contributed by atoms with Crippen molar-refractivity contribution in [1.82, 2.24) is 0 Å². The topological polar surface area (TPSA) is 50.4 Å². The summed E-state index contributed by atoms with van der Waals surface area (Å²) in [5, 5.41) is 12.7. The van der Waals surface area contributed by atoms with Crippen molar-refractivity contribution in [3.8, 4) is 28.2 Å². The first-order chi connectivity index (χ1) is 15.7. The summed E-state index contributed by atoms with van der Waals surface area (Å²) >= 11 is 1.54. The summed E-state index contributed by atoms with van der Waals surface area (Å²) in [5.74, 6) is 1.28. The molecule has 1 heterocycles. The number of phenols is 1. The van der Waals surface area contributed by atoms with Gasteiger partial charge in [-0.25, -0.2) is 4.79 Å². The molecule has 0 aliphatic rings. The smallest absolute Gasteiger partial charge is 0.340 e. The van der Waals surface area contributed by atoms with E-state index in [1.54, 1.807) is 6.07 Å². The van der Waals surface area contributed by atoms with Crippen molar-refractivity contribution < 1.29 is 9.52 Å². The SMILES string of the molecule is O=c1oc(-c2ccccc2)ccc1CSc1ccc(O)c(-c2ccc3ccccc3c2)c1. The van der Waals surface area contributed by atoms with Crippen molar-refractivity contribution in [2.75, 3.05) is 0 Å². The van der Waals surface area contributed by atoms with Gasteiger partial charge < -0.3 is 9.52 Å². The third-order valence-corrected chi connectivity index (χ3v) is 6.42. The van der Waals surface area contributed by atoms with E-state index in [4.69, 9.17) is 4.42 Å². The molecule has 156 valence electrons. The van der Waals surface area contributed by atoms with Crippen molar-refractivity contribution in [3.63, 3.8) is 0 Å². The third kappa shape index (κ3) is 4.18. The van der Waals surface area contributed by atoms with Gasteiger partial charge in [0.15, 0.2) is 0 Å². The van der Waals surface area contributed by atoms with Crippen LogP contribution in [-0.4, -0.2) is 5.11 Å². The monoisotopic (exact) mass is 436 g/mol. The quantitative estimate of drug-likeness (QED) is 0.298. The molecular formula is C28H20O3S. The molecule has 0 spiro atoms. The lowest BCUT2D eigenvalue weighted by Crippen LogP contribution is -2.05. The van der Waals surface area contributed by atoms with Gasteiger partial charge in [-0.05, 0) is 52.7 Å².